The second kappa shape index (κ2) is 3.17. The fourth-order valence-corrected chi connectivity index (χ4v) is 2.17. The molecule has 1 saturated carbocycles. The summed E-state index contributed by atoms with van der Waals surface area (Å²) < 4.78 is 0. The highest BCUT2D eigenvalue weighted by Gasteiger charge is 2.25. The minimum absolute atomic E-state index is 0.169. The Morgan fingerprint density at radius 2 is 2.19 bits per heavy atom. The van der Waals surface area contributed by atoms with E-state index in [2.05, 4.69) is 4.99 Å². The molecule has 1 aromatic carbocycles. The number of rotatable bonds is 2. The molecule has 1 heterocycles. The third-order valence-corrected chi connectivity index (χ3v) is 3.39. The molecule has 2 aliphatic rings. The quantitative estimate of drug-likeness (QED) is 0.788. The fourth-order valence-electron chi connectivity index (χ4n) is 2.17. The SMILES string of the molecule is CC1=c2ccc(O)c(CC3CC3)c2=NC1=O. The van der Waals surface area contributed by atoms with E-state index < -0.39 is 0 Å². The molecule has 0 saturated heterocycles. The first-order valence-electron chi connectivity index (χ1n) is 5.61. The van der Waals surface area contributed by atoms with Crippen molar-refractivity contribution in [3.63, 3.8) is 0 Å². The highest BCUT2D eigenvalue weighted by Crippen LogP contribution is 2.33. The van der Waals surface area contributed by atoms with Gasteiger partial charge in [0.25, 0.3) is 5.91 Å². The number of phenolic OH excluding ortho intramolecular Hbond substituents is 1. The molecule has 1 N–H and O–H groups in total. The van der Waals surface area contributed by atoms with Crippen molar-refractivity contribution < 1.29 is 9.90 Å². The van der Waals surface area contributed by atoms with Gasteiger partial charge in [-0.15, -0.1) is 0 Å². The number of carbonyl (C=O) groups excluding carboxylic acids is 1. The van der Waals surface area contributed by atoms with Gasteiger partial charge in [-0.1, -0.05) is 0 Å². The van der Waals surface area contributed by atoms with Crippen LogP contribution >= 0.6 is 0 Å². The molecule has 1 amide bonds. The first kappa shape index (κ1) is 9.58. The largest absolute Gasteiger partial charge is 0.508 e. The summed E-state index contributed by atoms with van der Waals surface area (Å²) in [6.07, 6.45) is 3.29. The van der Waals surface area contributed by atoms with Crippen LogP contribution in [0.4, 0.5) is 0 Å². The van der Waals surface area contributed by atoms with Crippen LogP contribution in [0.25, 0.3) is 5.57 Å². The monoisotopic (exact) mass is 215 g/mol. The van der Waals surface area contributed by atoms with Gasteiger partial charge in [0.15, 0.2) is 0 Å². The third kappa shape index (κ3) is 1.35. The molecule has 1 fully saturated rings. The van der Waals surface area contributed by atoms with Gasteiger partial charge in [0.2, 0.25) is 0 Å². The Morgan fingerprint density at radius 1 is 1.44 bits per heavy atom. The number of hydrogen-bond donors (Lipinski definition) is 1. The number of benzene rings is 1. The lowest BCUT2D eigenvalue weighted by molar-refractivity contribution is -0.112. The van der Waals surface area contributed by atoms with Crippen LogP contribution in [0.5, 0.6) is 5.75 Å². The van der Waals surface area contributed by atoms with Gasteiger partial charge in [-0.05, 0) is 44.2 Å². The highest BCUT2D eigenvalue weighted by atomic mass is 16.3. The summed E-state index contributed by atoms with van der Waals surface area (Å²) in [5.41, 5.74) is 1.54. The van der Waals surface area contributed by atoms with E-state index in [1.165, 1.54) is 12.8 Å². The van der Waals surface area contributed by atoms with Crippen molar-refractivity contribution in [1.29, 1.82) is 0 Å². The van der Waals surface area contributed by atoms with E-state index >= 15 is 0 Å². The van der Waals surface area contributed by atoms with Crippen LogP contribution in [0.3, 0.4) is 0 Å². The lowest BCUT2D eigenvalue weighted by Gasteiger charge is -2.02. The summed E-state index contributed by atoms with van der Waals surface area (Å²) in [5.74, 6) is 0.776. The van der Waals surface area contributed by atoms with Crippen LogP contribution in [0, 0.1) is 5.92 Å². The highest BCUT2D eigenvalue weighted by molar-refractivity contribution is 6.14. The molecule has 1 aliphatic carbocycles. The minimum atomic E-state index is -0.169. The Morgan fingerprint density at radius 3 is 2.88 bits per heavy atom. The molecule has 0 aromatic heterocycles. The molecule has 1 aromatic rings. The predicted octanol–water partition coefficient (Wildman–Crippen LogP) is 0.675. The maximum atomic E-state index is 11.5. The number of carbonyl (C=O) groups is 1. The topological polar surface area (TPSA) is 49.7 Å². The van der Waals surface area contributed by atoms with Crippen LogP contribution < -0.4 is 10.6 Å². The minimum Gasteiger partial charge on any atom is -0.508 e. The van der Waals surface area contributed by atoms with E-state index in [0.29, 0.717) is 16.8 Å². The average Bonchev–Trinajstić information content (AvgIpc) is 3.01. The zero-order valence-electron chi connectivity index (χ0n) is 9.16. The van der Waals surface area contributed by atoms with Gasteiger partial charge in [-0.2, -0.15) is 0 Å². The van der Waals surface area contributed by atoms with Gasteiger partial charge in [0.05, 0.1) is 5.36 Å². The summed E-state index contributed by atoms with van der Waals surface area (Å²) in [6, 6.07) is 3.46. The van der Waals surface area contributed by atoms with Crippen molar-refractivity contribution in [2.45, 2.75) is 26.2 Å². The average molecular weight is 215 g/mol. The van der Waals surface area contributed by atoms with Gasteiger partial charge in [-0.3, -0.25) is 4.79 Å². The van der Waals surface area contributed by atoms with E-state index in [1.807, 2.05) is 0 Å². The standard InChI is InChI=1S/C13H13NO2/c1-7-9-4-5-11(15)10(6-8-2-3-8)12(9)14-13(7)16/h4-5,8,15H,2-3,6H2,1H3. The fraction of sp³-hybridized carbons (Fsp3) is 0.385. The number of aromatic hydroxyl groups is 1. The molecule has 82 valence electrons. The van der Waals surface area contributed by atoms with Crippen LogP contribution in [0.2, 0.25) is 0 Å². The van der Waals surface area contributed by atoms with Crippen molar-refractivity contribution in [2.24, 2.45) is 10.9 Å². The van der Waals surface area contributed by atoms with Crippen molar-refractivity contribution in [1.82, 2.24) is 0 Å². The number of nitrogens with zero attached hydrogens (tertiary/aromatic N) is 1. The zero-order chi connectivity index (χ0) is 11.3. The Labute approximate surface area is 93.1 Å². The van der Waals surface area contributed by atoms with Crippen LogP contribution in [-0.4, -0.2) is 11.0 Å². The smallest absolute Gasteiger partial charge is 0.273 e. The number of fused-ring (bicyclic) bond motifs is 1. The molecule has 3 rings (SSSR count). The Bertz CT molecular complexity index is 597. The lowest BCUT2D eigenvalue weighted by atomic mass is 10.0. The van der Waals surface area contributed by atoms with E-state index in [-0.39, 0.29) is 11.7 Å². The van der Waals surface area contributed by atoms with Gasteiger partial charge in [-0.25, -0.2) is 4.99 Å². The van der Waals surface area contributed by atoms with E-state index in [4.69, 9.17) is 0 Å². The summed E-state index contributed by atoms with van der Waals surface area (Å²) in [6.45, 7) is 1.79. The molecule has 0 bridgehead atoms. The summed E-state index contributed by atoms with van der Waals surface area (Å²) in [5, 5.41) is 11.4. The maximum absolute atomic E-state index is 11.5. The molecule has 0 spiro atoms. The molecule has 0 unspecified atom stereocenters. The van der Waals surface area contributed by atoms with E-state index in [9.17, 15) is 9.90 Å². The number of hydrogen-bond acceptors (Lipinski definition) is 2. The molecule has 0 atom stereocenters. The first-order chi connectivity index (χ1) is 7.66. The molecule has 3 heteroatoms. The van der Waals surface area contributed by atoms with Crippen LogP contribution in [0.1, 0.15) is 25.3 Å². The van der Waals surface area contributed by atoms with Gasteiger partial charge < -0.3 is 5.11 Å². The van der Waals surface area contributed by atoms with Gasteiger partial charge in [0, 0.05) is 16.4 Å². The Hall–Kier alpha value is -1.64. The number of phenols is 1. The zero-order valence-corrected chi connectivity index (χ0v) is 9.16. The molecular formula is C13H13NO2. The van der Waals surface area contributed by atoms with Crippen molar-refractivity contribution in [3.8, 4) is 5.75 Å². The Balaban J connectivity index is 2.26. The van der Waals surface area contributed by atoms with Gasteiger partial charge in [0.1, 0.15) is 5.75 Å². The van der Waals surface area contributed by atoms with Crippen LogP contribution in [-0.2, 0) is 11.2 Å². The summed E-state index contributed by atoms with van der Waals surface area (Å²) in [7, 11) is 0. The van der Waals surface area contributed by atoms with Gasteiger partial charge >= 0.3 is 0 Å². The van der Waals surface area contributed by atoms with Crippen molar-refractivity contribution in [2.75, 3.05) is 0 Å². The van der Waals surface area contributed by atoms with E-state index in [1.54, 1.807) is 19.1 Å². The Kier molecular flexibility index (Phi) is 1.90. The molecule has 16 heavy (non-hydrogen) atoms. The molecule has 0 radical (unpaired) electrons. The van der Waals surface area contributed by atoms with E-state index in [0.717, 1.165) is 17.2 Å². The summed E-state index contributed by atoms with van der Waals surface area (Å²) in [4.78, 5) is 15.5. The molecular weight excluding hydrogens is 202 g/mol. The summed E-state index contributed by atoms with van der Waals surface area (Å²) >= 11 is 0. The molecule has 1 aliphatic heterocycles. The second-order valence-corrected chi connectivity index (χ2v) is 4.65. The van der Waals surface area contributed by atoms with Crippen molar-refractivity contribution >= 4 is 11.5 Å². The predicted molar refractivity (Wildman–Crippen MR) is 59.4 cm³/mol. The maximum Gasteiger partial charge on any atom is 0.273 e. The van der Waals surface area contributed by atoms with Crippen molar-refractivity contribution in [3.05, 3.63) is 28.3 Å². The molecule has 3 nitrogen and oxygen atoms in total. The second-order valence-electron chi connectivity index (χ2n) is 4.65. The van der Waals surface area contributed by atoms with Crippen LogP contribution in [0.15, 0.2) is 17.1 Å². The normalized spacial score (nSPS) is 18.6. The third-order valence-electron chi connectivity index (χ3n) is 3.39. The first-order valence-corrected chi connectivity index (χ1v) is 5.61. The lowest BCUT2D eigenvalue weighted by Crippen LogP contribution is -2.27. The number of amides is 1.